The predicted molar refractivity (Wildman–Crippen MR) is 79.9 cm³/mol. The fourth-order valence-corrected chi connectivity index (χ4v) is 3.20. The lowest BCUT2D eigenvalue weighted by atomic mass is 9.81. The van der Waals surface area contributed by atoms with Crippen molar-refractivity contribution in [1.82, 2.24) is 4.90 Å². The van der Waals surface area contributed by atoms with Crippen LogP contribution in [0.15, 0.2) is 0 Å². The van der Waals surface area contributed by atoms with Gasteiger partial charge in [0.15, 0.2) is 5.78 Å². The van der Waals surface area contributed by atoms with Gasteiger partial charge < -0.3 is 0 Å². The largest absolute Gasteiger partial charge is 0.298 e. The third kappa shape index (κ3) is 4.08. The number of hydrogen-bond donors (Lipinski definition) is 0. The molecule has 0 saturated carbocycles. The molecule has 0 aromatic heterocycles. The summed E-state index contributed by atoms with van der Waals surface area (Å²) < 4.78 is 0. The summed E-state index contributed by atoms with van der Waals surface area (Å²) >= 11 is 0. The van der Waals surface area contributed by atoms with E-state index in [2.05, 4.69) is 46.4 Å². The number of nitrogens with zero attached hydrogens (tertiary/aromatic N) is 1. The van der Waals surface area contributed by atoms with Gasteiger partial charge in [-0.3, -0.25) is 9.69 Å². The van der Waals surface area contributed by atoms with Gasteiger partial charge in [-0.1, -0.05) is 54.4 Å². The van der Waals surface area contributed by atoms with Gasteiger partial charge in [-0.05, 0) is 31.8 Å². The van der Waals surface area contributed by atoms with E-state index in [-0.39, 0.29) is 5.54 Å². The zero-order valence-electron chi connectivity index (χ0n) is 13.4. The van der Waals surface area contributed by atoms with Crippen LogP contribution in [0, 0.1) is 5.92 Å². The Hall–Kier alpha value is -0.370. The van der Waals surface area contributed by atoms with E-state index in [0.29, 0.717) is 11.7 Å². The van der Waals surface area contributed by atoms with Gasteiger partial charge in [0, 0.05) is 6.42 Å². The summed E-state index contributed by atoms with van der Waals surface area (Å²) in [5.74, 6) is 0.979. The van der Waals surface area contributed by atoms with Crippen LogP contribution < -0.4 is 0 Å². The van der Waals surface area contributed by atoms with Crippen molar-refractivity contribution in [3.05, 3.63) is 0 Å². The third-order valence-corrected chi connectivity index (χ3v) is 4.37. The molecule has 0 spiro atoms. The van der Waals surface area contributed by atoms with Gasteiger partial charge >= 0.3 is 0 Å². The molecule has 1 unspecified atom stereocenters. The summed E-state index contributed by atoms with van der Waals surface area (Å²) in [5, 5.41) is 0. The van der Waals surface area contributed by atoms with E-state index in [9.17, 15) is 4.79 Å². The summed E-state index contributed by atoms with van der Waals surface area (Å²) in [6.07, 6.45) is 4.94. The first-order chi connectivity index (χ1) is 8.52. The van der Waals surface area contributed by atoms with Crippen molar-refractivity contribution < 1.29 is 4.79 Å². The Kier molecular flexibility index (Phi) is 8.51. The Morgan fingerprint density at radius 1 is 1.06 bits per heavy atom. The topological polar surface area (TPSA) is 20.3 Å². The van der Waals surface area contributed by atoms with Gasteiger partial charge in [-0.2, -0.15) is 0 Å². The molecule has 0 heterocycles. The van der Waals surface area contributed by atoms with Gasteiger partial charge in [0.05, 0.1) is 5.54 Å². The molecule has 2 nitrogen and oxygen atoms in total. The maximum atomic E-state index is 12.7. The summed E-state index contributed by atoms with van der Waals surface area (Å²) in [7, 11) is 0. The first-order valence-corrected chi connectivity index (χ1v) is 7.80. The highest BCUT2D eigenvalue weighted by atomic mass is 16.1. The second-order valence-electron chi connectivity index (χ2n) is 5.43. The molecule has 1 atom stereocenters. The van der Waals surface area contributed by atoms with E-state index in [1.54, 1.807) is 0 Å². The SMILES string of the molecule is CCCC(C)CC(=O)C(CC)(CC)N(CC)CC. The van der Waals surface area contributed by atoms with Crippen molar-refractivity contribution >= 4 is 5.78 Å². The lowest BCUT2D eigenvalue weighted by Crippen LogP contribution is -2.54. The summed E-state index contributed by atoms with van der Waals surface area (Å²) in [5.41, 5.74) is -0.217. The Morgan fingerprint density at radius 3 is 1.89 bits per heavy atom. The van der Waals surface area contributed by atoms with Crippen LogP contribution >= 0.6 is 0 Å². The fraction of sp³-hybridized carbons (Fsp3) is 0.938. The van der Waals surface area contributed by atoms with E-state index < -0.39 is 0 Å². The minimum absolute atomic E-state index is 0.217. The molecule has 108 valence electrons. The summed E-state index contributed by atoms with van der Waals surface area (Å²) in [6.45, 7) is 15.0. The molecular weight excluding hydrogens is 222 g/mol. The number of ketones is 1. The second kappa shape index (κ2) is 8.68. The van der Waals surface area contributed by atoms with Crippen molar-refractivity contribution in [3.8, 4) is 0 Å². The molecule has 0 saturated heterocycles. The van der Waals surface area contributed by atoms with Gasteiger partial charge in [0.2, 0.25) is 0 Å². The lowest BCUT2D eigenvalue weighted by Gasteiger charge is -2.41. The van der Waals surface area contributed by atoms with E-state index in [4.69, 9.17) is 0 Å². The van der Waals surface area contributed by atoms with Gasteiger partial charge in [0.25, 0.3) is 0 Å². The molecule has 2 heteroatoms. The number of likely N-dealkylation sites (N-methyl/N-ethyl adjacent to an activating group) is 1. The molecule has 0 amide bonds. The number of hydrogen-bond acceptors (Lipinski definition) is 2. The quantitative estimate of drug-likeness (QED) is 0.580. The van der Waals surface area contributed by atoms with Crippen molar-refractivity contribution in [2.24, 2.45) is 5.92 Å². The van der Waals surface area contributed by atoms with Crippen molar-refractivity contribution in [2.45, 2.75) is 79.2 Å². The number of carbonyl (C=O) groups is 1. The average molecular weight is 255 g/mol. The second-order valence-corrected chi connectivity index (χ2v) is 5.43. The van der Waals surface area contributed by atoms with E-state index in [1.165, 1.54) is 6.42 Å². The zero-order chi connectivity index (χ0) is 14.2. The fourth-order valence-electron chi connectivity index (χ4n) is 3.20. The molecule has 0 radical (unpaired) electrons. The molecule has 0 N–H and O–H groups in total. The highest BCUT2D eigenvalue weighted by Crippen LogP contribution is 2.28. The first-order valence-electron chi connectivity index (χ1n) is 7.80. The standard InChI is InChI=1S/C16H33NO/c1-7-12-14(6)13-15(18)16(8-2,9-3)17(10-4)11-5/h14H,7-13H2,1-6H3. The molecule has 0 aromatic rings. The molecule has 18 heavy (non-hydrogen) atoms. The van der Waals surface area contributed by atoms with Crippen LogP contribution in [0.3, 0.4) is 0 Å². The van der Waals surface area contributed by atoms with Crippen LogP contribution in [0.4, 0.5) is 0 Å². The molecule has 0 bridgehead atoms. The molecule has 0 aromatic carbocycles. The Morgan fingerprint density at radius 2 is 1.56 bits per heavy atom. The molecule has 0 aliphatic rings. The molecule has 0 rings (SSSR count). The molecule has 0 fully saturated rings. The highest BCUT2D eigenvalue weighted by Gasteiger charge is 2.38. The van der Waals surface area contributed by atoms with Crippen LogP contribution in [-0.4, -0.2) is 29.3 Å². The number of rotatable bonds is 10. The van der Waals surface area contributed by atoms with E-state index in [0.717, 1.165) is 38.8 Å². The Balaban J connectivity index is 4.91. The van der Waals surface area contributed by atoms with Crippen LogP contribution in [0.1, 0.15) is 73.6 Å². The summed E-state index contributed by atoms with van der Waals surface area (Å²) in [6, 6.07) is 0. The van der Waals surface area contributed by atoms with Gasteiger partial charge in [0.1, 0.15) is 0 Å². The Labute approximate surface area is 114 Å². The molecular formula is C16H33NO. The summed E-state index contributed by atoms with van der Waals surface area (Å²) in [4.78, 5) is 15.1. The first kappa shape index (κ1) is 17.6. The number of Topliss-reactive ketones (excluding diaryl/α,β-unsaturated/α-hetero) is 1. The minimum atomic E-state index is -0.217. The maximum absolute atomic E-state index is 12.7. The Bertz CT molecular complexity index is 229. The van der Waals surface area contributed by atoms with E-state index in [1.807, 2.05) is 0 Å². The molecule has 0 aliphatic carbocycles. The van der Waals surface area contributed by atoms with Gasteiger partial charge in [-0.15, -0.1) is 0 Å². The van der Waals surface area contributed by atoms with Crippen molar-refractivity contribution in [3.63, 3.8) is 0 Å². The van der Waals surface area contributed by atoms with Crippen molar-refractivity contribution in [1.29, 1.82) is 0 Å². The van der Waals surface area contributed by atoms with Gasteiger partial charge in [-0.25, -0.2) is 0 Å². The lowest BCUT2D eigenvalue weighted by molar-refractivity contribution is -0.133. The zero-order valence-corrected chi connectivity index (χ0v) is 13.4. The monoisotopic (exact) mass is 255 g/mol. The van der Waals surface area contributed by atoms with Crippen LogP contribution in [0.25, 0.3) is 0 Å². The highest BCUT2D eigenvalue weighted by molar-refractivity contribution is 5.88. The number of carbonyl (C=O) groups excluding carboxylic acids is 1. The molecule has 0 aliphatic heterocycles. The van der Waals surface area contributed by atoms with E-state index >= 15 is 0 Å². The minimum Gasteiger partial charge on any atom is -0.298 e. The predicted octanol–water partition coefficient (Wildman–Crippen LogP) is 4.28. The van der Waals surface area contributed by atoms with Crippen LogP contribution in [0.2, 0.25) is 0 Å². The average Bonchev–Trinajstić information content (AvgIpc) is 2.36. The normalized spacial score (nSPS) is 13.9. The smallest absolute Gasteiger partial charge is 0.153 e. The van der Waals surface area contributed by atoms with Crippen LogP contribution in [0.5, 0.6) is 0 Å². The van der Waals surface area contributed by atoms with Crippen molar-refractivity contribution in [2.75, 3.05) is 13.1 Å². The third-order valence-electron chi connectivity index (χ3n) is 4.37. The maximum Gasteiger partial charge on any atom is 0.153 e. The van der Waals surface area contributed by atoms with Crippen LogP contribution in [-0.2, 0) is 4.79 Å².